The Kier molecular flexibility index (Phi) is 9.27. The first-order valence-electron chi connectivity index (χ1n) is 10.3. The molecule has 0 spiro atoms. The number of alkyl halides is 3. The molecule has 0 radical (unpaired) electrons. The fourth-order valence-corrected chi connectivity index (χ4v) is 4.28. The van der Waals surface area contributed by atoms with Crippen molar-refractivity contribution in [2.75, 3.05) is 20.8 Å². The van der Waals surface area contributed by atoms with Crippen molar-refractivity contribution in [3.05, 3.63) is 65.2 Å². The third-order valence-corrected chi connectivity index (χ3v) is 6.59. The summed E-state index contributed by atoms with van der Waals surface area (Å²) in [5.41, 5.74) is 0.731. The molecule has 2 aromatic carbocycles. The molecule has 0 atom stereocenters. The van der Waals surface area contributed by atoms with Crippen LogP contribution in [0.5, 0.6) is 0 Å². The van der Waals surface area contributed by atoms with Gasteiger partial charge in [-0.3, -0.25) is 4.18 Å². The number of halogens is 3. The Bertz CT molecular complexity index is 935. The third kappa shape index (κ3) is 7.03. The van der Waals surface area contributed by atoms with Gasteiger partial charge in [0.25, 0.3) is 10.1 Å². The fourth-order valence-electron chi connectivity index (χ4n) is 3.34. The molecule has 5 nitrogen and oxygen atoms in total. The quantitative estimate of drug-likeness (QED) is 0.221. The van der Waals surface area contributed by atoms with Crippen LogP contribution in [0, 0.1) is 6.92 Å². The lowest BCUT2D eigenvalue weighted by Gasteiger charge is -2.31. The van der Waals surface area contributed by atoms with Crippen LogP contribution < -0.4 is 0 Å². The molecule has 0 aliphatic rings. The van der Waals surface area contributed by atoms with Crippen LogP contribution in [0.2, 0.25) is 0 Å². The van der Waals surface area contributed by atoms with Gasteiger partial charge < -0.3 is 9.47 Å². The Hall–Kier alpha value is -1.94. The second-order valence-electron chi connectivity index (χ2n) is 7.49. The van der Waals surface area contributed by atoms with Gasteiger partial charge >= 0.3 is 6.18 Å². The molecule has 0 fully saturated rings. The van der Waals surface area contributed by atoms with Crippen LogP contribution in [0.3, 0.4) is 0 Å². The molecule has 178 valence electrons. The molecule has 0 heterocycles. The average molecular weight is 475 g/mol. The van der Waals surface area contributed by atoms with E-state index >= 15 is 0 Å². The number of ether oxygens (including phenoxy) is 2. The van der Waals surface area contributed by atoms with E-state index in [9.17, 15) is 21.6 Å². The van der Waals surface area contributed by atoms with E-state index < -0.39 is 27.6 Å². The summed E-state index contributed by atoms with van der Waals surface area (Å²) in [6, 6.07) is 11.2. The van der Waals surface area contributed by atoms with E-state index in [0.29, 0.717) is 24.8 Å². The molecule has 0 aromatic heterocycles. The summed E-state index contributed by atoms with van der Waals surface area (Å²) >= 11 is 0. The van der Waals surface area contributed by atoms with Gasteiger partial charge in [-0.25, -0.2) is 0 Å². The number of benzene rings is 2. The Morgan fingerprint density at radius 1 is 0.781 bits per heavy atom. The van der Waals surface area contributed by atoms with E-state index in [1.807, 2.05) is 6.92 Å². The van der Waals surface area contributed by atoms with Crippen molar-refractivity contribution in [3.8, 4) is 0 Å². The Balaban J connectivity index is 1.81. The molecule has 9 heteroatoms. The summed E-state index contributed by atoms with van der Waals surface area (Å²) in [5.74, 6) is -1.14. The maximum absolute atomic E-state index is 12.8. The van der Waals surface area contributed by atoms with Gasteiger partial charge in [0.1, 0.15) is 0 Å². The van der Waals surface area contributed by atoms with E-state index in [1.165, 1.54) is 38.5 Å². The summed E-state index contributed by atoms with van der Waals surface area (Å²) in [6.45, 7) is 1.95. The van der Waals surface area contributed by atoms with E-state index in [-0.39, 0.29) is 11.5 Å². The van der Waals surface area contributed by atoms with Gasteiger partial charge in [0.2, 0.25) is 0 Å². The first kappa shape index (κ1) is 26.3. The Morgan fingerprint density at radius 3 is 1.84 bits per heavy atom. The van der Waals surface area contributed by atoms with Crippen LogP contribution in [-0.2, 0) is 35.7 Å². The van der Waals surface area contributed by atoms with Gasteiger partial charge in [0.15, 0.2) is 5.79 Å². The molecular weight excluding hydrogens is 445 g/mol. The Labute approximate surface area is 187 Å². The van der Waals surface area contributed by atoms with Gasteiger partial charge in [-0.2, -0.15) is 21.6 Å². The number of hydrogen-bond acceptors (Lipinski definition) is 5. The lowest BCUT2D eigenvalue weighted by molar-refractivity contribution is -0.221. The first-order chi connectivity index (χ1) is 15.0. The SMILES string of the molecule is COC(CCCCCCOS(=O)(=O)c1ccc(C)cc1)(OC)c1ccc(C(F)(F)F)cc1. The lowest BCUT2D eigenvalue weighted by atomic mass is 9.97. The minimum atomic E-state index is -4.41. The number of rotatable bonds is 12. The molecular formula is C23H29F3O5S. The lowest BCUT2D eigenvalue weighted by Crippen LogP contribution is -2.31. The van der Waals surface area contributed by atoms with Crippen LogP contribution in [0.15, 0.2) is 53.4 Å². The molecule has 0 amide bonds. The first-order valence-corrected chi connectivity index (χ1v) is 11.7. The van der Waals surface area contributed by atoms with Crippen molar-refractivity contribution < 1.29 is 35.2 Å². The highest BCUT2D eigenvalue weighted by molar-refractivity contribution is 7.86. The minimum absolute atomic E-state index is 0.0782. The largest absolute Gasteiger partial charge is 0.416 e. The Morgan fingerprint density at radius 2 is 1.31 bits per heavy atom. The normalized spacial score (nSPS) is 12.8. The zero-order valence-corrected chi connectivity index (χ0v) is 19.3. The highest BCUT2D eigenvalue weighted by Crippen LogP contribution is 2.35. The average Bonchev–Trinajstić information content (AvgIpc) is 2.76. The molecule has 32 heavy (non-hydrogen) atoms. The smallest absolute Gasteiger partial charge is 0.349 e. The van der Waals surface area contributed by atoms with Crippen LogP contribution in [-0.4, -0.2) is 29.2 Å². The van der Waals surface area contributed by atoms with E-state index in [4.69, 9.17) is 13.7 Å². The third-order valence-electron chi connectivity index (χ3n) is 5.26. The monoisotopic (exact) mass is 474 g/mol. The molecule has 0 saturated carbocycles. The van der Waals surface area contributed by atoms with Gasteiger partial charge in [-0.05, 0) is 44.0 Å². The summed E-state index contributed by atoms with van der Waals surface area (Å²) < 4.78 is 78.9. The number of methoxy groups -OCH3 is 2. The number of unbranched alkanes of at least 4 members (excludes halogenated alkanes) is 3. The molecule has 0 saturated heterocycles. The zero-order valence-electron chi connectivity index (χ0n) is 18.4. The summed E-state index contributed by atoms with van der Waals surface area (Å²) in [4.78, 5) is 0.129. The van der Waals surface area contributed by atoms with Crippen molar-refractivity contribution in [1.82, 2.24) is 0 Å². The topological polar surface area (TPSA) is 61.8 Å². The van der Waals surface area contributed by atoms with Crippen LogP contribution in [0.25, 0.3) is 0 Å². The van der Waals surface area contributed by atoms with Crippen LogP contribution in [0.1, 0.15) is 48.8 Å². The number of aryl methyl sites for hydroxylation is 1. The van der Waals surface area contributed by atoms with Crippen molar-refractivity contribution in [2.45, 2.75) is 55.9 Å². The van der Waals surface area contributed by atoms with Crippen molar-refractivity contribution in [1.29, 1.82) is 0 Å². The second kappa shape index (κ2) is 11.3. The second-order valence-corrected chi connectivity index (χ2v) is 9.10. The van der Waals surface area contributed by atoms with Gasteiger partial charge in [-0.1, -0.05) is 42.7 Å². The molecule has 0 unspecified atom stereocenters. The molecule has 2 rings (SSSR count). The standard InChI is InChI=1S/C23H29F3O5S/c1-18-8-14-21(15-9-18)32(27,28)31-17-7-5-4-6-16-22(29-2,30-3)19-10-12-20(13-11-19)23(24,25)26/h8-15H,4-7,16-17H2,1-3H3. The highest BCUT2D eigenvalue weighted by Gasteiger charge is 2.34. The summed E-state index contributed by atoms with van der Waals surface area (Å²) in [5, 5.41) is 0. The predicted molar refractivity (Wildman–Crippen MR) is 115 cm³/mol. The van der Waals surface area contributed by atoms with E-state index in [0.717, 1.165) is 30.5 Å². The maximum Gasteiger partial charge on any atom is 0.416 e. The van der Waals surface area contributed by atoms with Crippen LogP contribution in [0.4, 0.5) is 13.2 Å². The molecule has 0 bridgehead atoms. The van der Waals surface area contributed by atoms with Gasteiger partial charge in [-0.15, -0.1) is 0 Å². The molecule has 0 N–H and O–H groups in total. The molecule has 2 aromatic rings. The number of hydrogen-bond donors (Lipinski definition) is 0. The molecule has 0 aliphatic carbocycles. The summed E-state index contributed by atoms with van der Waals surface area (Å²) in [7, 11) is -0.872. The van der Waals surface area contributed by atoms with Crippen molar-refractivity contribution >= 4 is 10.1 Å². The van der Waals surface area contributed by atoms with Crippen molar-refractivity contribution in [3.63, 3.8) is 0 Å². The van der Waals surface area contributed by atoms with Crippen LogP contribution >= 0.6 is 0 Å². The minimum Gasteiger partial charge on any atom is -0.349 e. The van der Waals surface area contributed by atoms with Gasteiger partial charge in [0, 0.05) is 26.2 Å². The predicted octanol–water partition coefficient (Wildman–Crippen LogP) is 5.82. The van der Waals surface area contributed by atoms with Crippen molar-refractivity contribution in [2.24, 2.45) is 0 Å². The van der Waals surface area contributed by atoms with E-state index in [1.54, 1.807) is 12.1 Å². The maximum atomic E-state index is 12.8. The fraction of sp³-hybridized carbons (Fsp3) is 0.478. The zero-order chi connectivity index (χ0) is 23.8. The van der Waals surface area contributed by atoms with Gasteiger partial charge in [0.05, 0.1) is 17.1 Å². The highest BCUT2D eigenvalue weighted by atomic mass is 32.2. The summed E-state index contributed by atoms with van der Waals surface area (Å²) in [6.07, 6.45) is -1.26. The molecule has 0 aliphatic heterocycles. The van der Waals surface area contributed by atoms with E-state index in [2.05, 4.69) is 0 Å².